The normalized spacial score (nSPS) is 15.8. The fourth-order valence-corrected chi connectivity index (χ4v) is 3.47. The summed E-state index contributed by atoms with van der Waals surface area (Å²) in [5.74, 6) is -1.23. The first kappa shape index (κ1) is 22.2. The summed E-state index contributed by atoms with van der Waals surface area (Å²) in [7, 11) is 1.54. The van der Waals surface area contributed by atoms with Crippen LogP contribution in [0, 0.1) is 5.82 Å². The van der Waals surface area contributed by atoms with Crippen LogP contribution >= 0.6 is 12.2 Å². The van der Waals surface area contributed by atoms with Crippen LogP contribution in [0.3, 0.4) is 0 Å². The predicted molar refractivity (Wildman–Crippen MR) is 116 cm³/mol. The summed E-state index contributed by atoms with van der Waals surface area (Å²) in [6, 6.07) is 10.7. The highest BCUT2D eigenvalue weighted by Gasteiger charge is 2.43. The van der Waals surface area contributed by atoms with E-state index in [1.807, 2.05) is 0 Å². The van der Waals surface area contributed by atoms with E-state index in [2.05, 4.69) is 10.7 Å². The van der Waals surface area contributed by atoms with Crippen LogP contribution < -0.4 is 15.5 Å². The molecule has 1 aliphatic heterocycles. The van der Waals surface area contributed by atoms with Crippen molar-refractivity contribution >= 4 is 40.7 Å². The predicted octanol–water partition coefficient (Wildman–Crippen LogP) is 2.33. The van der Waals surface area contributed by atoms with Gasteiger partial charge in [0, 0.05) is 17.8 Å². The van der Waals surface area contributed by atoms with Gasteiger partial charge in [-0.25, -0.2) is 9.40 Å². The maximum Gasteiger partial charge on any atom is 0.269 e. The number of anilines is 1. The summed E-state index contributed by atoms with van der Waals surface area (Å²) >= 11 is 5.33. The minimum absolute atomic E-state index is 0.0882. The fraction of sp³-hybridized carbons (Fsp3) is 0.238. The van der Waals surface area contributed by atoms with Crippen molar-refractivity contribution in [2.75, 3.05) is 19.0 Å². The maximum absolute atomic E-state index is 13.1. The number of amides is 3. The third-order valence-corrected chi connectivity index (χ3v) is 5.11. The number of methoxy groups -OCH3 is 1. The van der Waals surface area contributed by atoms with E-state index in [0.29, 0.717) is 11.4 Å². The van der Waals surface area contributed by atoms with Gasteiger partial charge in [0.1, 0.15) is 17.6 Å². The van der Waals surface area contributed by atoms with Crippen LogP contribution in [0.25, 0.3) is 0 Å². The van der Waals surface area contributed by atoms with E-state index in [1.165, 1.54) is 29.2 Å². The molecule has 1 fully saturated rings. The van der Waals surface area contributed by atoms with E-state index in [0.717, 1.165) is 12.1 Å². The smallest absolute Gasteiger partial charge is 0.269 e. The molecule has 31 heavy (non-hydrogen) atoms. The molecule has 1 unspecified atom stereocenters. The molecule has 2 aromatic rings. The number of hydrogen-bond donors (Lipinski definition) is 2. The Balaban J connectivity index is 1.73. The molecule has 0 saturated carbocycles. The number of benzene rings is 2. The fourth-order valence-electron chi connectivity index (χ4n) is 3.08. The van der Waals surface area contributed by atoms with E-state index in [1.54, 1.807) is 31.2 Å². The summed E-state index contributed by atoms with van der Waals surface area (Å²) < 4.78 is 18.2. The van der Waals surface area contributed by atoms with Gasteiger partial charge in [0.2, 0.25) is 5.91 Å². The zero-order valence-electron chi connectivity index (χ0n) is 16.9. The van der Waals surface area contributed by atoms with Crippen molar-refractivity contribution in [3.05, 3.63) is 59.9 Å². The highest BCUT2D eigenvalue weighted by atomic mass is 32.1. The van der Waals surface area contributed by atoms with Crippen LogP contribution in [0.1, 0.15) is 23.7 Å². The molecule has 0 radical (unpaired) electrons. The van der Waals surface area contributed by atoms with Crippen LogP contribution in [-0.2, 0) is 9.59 Å². The SMILES string of the molecule is CCN1C(=O)C(CC(=O)Nc2ccc(OC)cc2)N(NC(=O)c2ccc(F)cc2)C1=S. The maximum atomic E-state index is 13.1. The summed E-state index contributed by atoms with van der Waals surface area (Å²) in [4.78, 5) is 39.2. The van der Waals surface area contributed by atoms with Crippen molar-refractivity contribution in [3.63, 3.8) is 0 Å². The molecule has 3 amide bonds. The Labute approximate surface area is 183 Å². The molecule has 10 heteroatoms. The number of thiocarbonyl (C=S) groups is 1. The van der Waals surface area contributed by atoms with Crippen LogP contribution in [0.2, 0.25) is 0 Å². The van der Waals surface area contributed by atoms with Gasteiger partial charge >= 0.3 is 0 Å². The Morgan fingerprint density at radius 1 is 1.13 bits per heavy atom. The molecule has 0 spiro atoms. The molecule has 0 bridgehead atoms. The minimum Gasteiger partial charge on any atom is -0.497 e. The first-order chi connectivity index (χ1) is 14.8. The van der Waals surface area contributed by atoms with Crippen LogP contribution in [0.5, 0.6) is 5.75 Å². The number of likely N-dealkylation sites (N-methyl/N-ethyl adjacent to an activating group) is 1. The molecule has 1 saturated heterocycles. The number of hydrazine groups is 1. The third-order valence-electron chi connectivity index (χ3n) is 4.70. The van der Waals surface area contributed by atoms with Crippen LogP contribution in [0.4, 0.5) is 10.1 Å². The Morgan fingerprint density at radius 3 is 2.35 bits per heavy atom. The zero-order valence-corrected chi connectivity index (χ0v) is 17.7. The molecule has 1 heterocycles. The van der Waals surface area contributed by atoms with E-state index < -0.39 is 29.6 Å². The number of nitrogens with one attached hydrogen (secondary N) is 2. The van der Waals surface area contributed by atoms with Gasteiger partial charge in [-0.05, 0) is 67.7 Å². The quantitative estimate of drug-likeness (QED) is 0.637. The Hall–Kier alpha value is -3.53. The molecule has 8 nitrogen and oxygen atoms in total. The highest BCUT2D eigenvalue weighted by Crippen LogP contribution is 2.21. The van der Waals surface area contributed by atoms with Crippen molar-refractivity contribution in [1.29, 1.82) is 0 Å². The molecule has 0 aliphatic carbocycles. The first-order valence-electron chi connectivity index (χ1n) is 9.49. The van der Waals surface area contributed by atoms with Crippen molar-refractivity contribution in [3.8, 4) is 5.75 Å². The molecule has 1 aliphatic rings. The standard InChI is InChI=1S/C21H21FN4O4S/c1-3-25-20(29)17(12-18(27)23-15-8-10-16(30-2)11-9-15)26(21(25)31)24-19(28)13-4-6-14(22)7-5-13/h4-11,17H,3,12H2,1-2H3,(H,23,27)(H,24,28). The van der Waals surface area contributed by atoms with Gasteiger partial charge in [-0.1, -0.05) is 0 Å². The van der Waals surface area contributed by atoms with E-state index in [4.69, 9.17) is 17.0 Å². The average molecular weight is 444 g/mol. The van der Waals surface area contributed by atoms with Gasteiger partial charge in [-0.2, -0.15) is 0 Å². The van der Waals surface area contributed by atoms with Gasteiger partial charge < -0.3 is 10.1 Å². The lowest BCUT2D eigenvalue weighted by molar-refractivity contribution is -0.130. The summed E-state index contributed by atoms with van der Waals surface area (Å²) in [5.41, 5.74) is 3.29. The molecular weight excluding hydrogens is 423 g/mol. The molecule has 0 aromatic heterocycles. The molecule has 2 N–H and O–H groups in total. The van der Waals surface area contributed by atoms with E-state index in [-0.39, 0.29) is 23.6 Å². The summed E-state index contributed by atoms with van der Waals surface area (Å²) in [6.45, 7) is 2.03. The lowest BCUT2D eigenvalue weighted by atomic mass is 10.1. The number of halogens is 1. The second-order valence-electron chi connectivity index (χ2n) is 6.68. The van der Waals surface area contributed by atoms with Crippen LogP contribution in [0.15, 0.2) is 48.5 Å². The largest absolute Gasteiger partial charge is 0.497 e. The number of carbonyl (C=O) groups excluding carboxylic acids is 3. The highest BCUT2D eigenvalue weighted by molar-refractivity contribution is 7.80. The number of rotatable bonds is 7. The van der Waals surface area contributed by atoms with Crippen LogP contribution in [-0.4, -0.2) is 52.4 Å². The van der Waals surface area contributed by atoms with Gasteiger partial charge in [0.15, 0.2) is 5.11 Å². The molecule has 1 atom stereocenters. The van der Waals surface area contributed by atoms with Gasteiger partial charge in [-0.3, -0.25) is 24.7 Å². The number of hydrogen-bond acceptors (Lipinski definition) is 5. The lowest BCUT2D eigenvalue weighted by Crippen LogP contribution is -2.49. The third kappa shape index (κ3) is 4.97. The van der Waals surface area contributed by atoms with E-state index in [9.17, 15) is 18.8 Å². The number of carbonyl (C=O) groups is 3. The molecule has 162 valence electrons. The Bertz CT molecular complexity index is 997. The van der Waals surface area contributed by atoms with Gasteiger partial charge in [-0.15, -0.1) is 0 Å². The zero-order chi connectivity index (χ0) is 22.5. The molecular formula is C21H21FN4O4S. The van der Waals surface area contributed by atoms with Gasteiger partial charge in [0.05, 0.1) is 13.5 Å². The number of ether oxygens (including phenoxy) is 1. The average Bonchev–Trinajstić information content (AvgIpc) is 2.98. The van der Waals surface area contributed by atoms with Gasteiger partial charge in [0.25, 0.3) is 11.8 Å². The topological polar surface area (TPSA) is 91.0 Å². The minimum atomic E-state index is -1.00. The lowest BCUT2D eigenvalue weighted by Gasteiger charge is -2.24. The number of nitrogens with zero attached hydrogens (tertiary/aromatic N) is 2. The Morgan fingerprint density at radius 2 is 1.77 bits per heavy atom. The second-order valence-corrected chi connectivity index (χ2v) is 7.04. The first-order valence-corrected chi connectivity index (χ1v) is 9.90. The second kappa shape index (κ2) is 9.52. The summed E-state index contributed by atoms with van der Waals surface area (Å²) in [6.07, 6.45) is -0.231. The molecule has 2 aromatic carbocycles. The summed E-state index contributed by atoms with van der Waals surface area (Å²) in [5, 5.41) is 4.01. The Kier molecular flexibility index (Phi) is 6.81. The van der Waals surface area contributed by atoms with Crippen molar-refractivity contribution < 1.29 is 23.5 Å². The molecule has 3 rings (SSSR count). The van der Waals surface area contributed by atoms with E-state index >= 15 is 0 Å². The van der Waals surface area contributed by atoms with Crippen molar-refractivity contribution in [1.82, 2.24) is 15.3 Å². The van der Waals surface area contributed by atoms with Crippen molar-refractivity contribution in [2.24, 2.45) is 0 Å². The monoisotopic (exact) mass is 444 g/mol. The van der Waals surface area contributed by atoms with Crippen molar-refractivity contribution in [2.45, 2.75) is 19.4 Å².